The summed E-state index contributed by atoms with van der Waals surface area (Å²) in [6, 6.07) is 0.132. The zero-order chi connectivity index (χ0) is 16.8. The molecule has 8 nitrogen and oxygen atoms in total. The van der Waals surface area contributed by atoms with Crippen molar-refractivity contribution in [3.63, 3.8) is 0 Å². The monoisotopic (exact) mass is 412 g/mol. The summed E-state index contributed by atoms with van der Waals surface area (Å²) in [5, 5.41) is 3.32. The molecule has 0 aromatic carbocycles. The van der Waals surface area contributed by atoms with Crippen molar-refractivity contribution >= 4 is 36.6 Å². The maximum absolute atomic E-state index is 12.4. The number of halogens is 2. The first-order valence-corrected chi connectivity index (χ1v) is 8.89. The van der Waals surface area contributed by atoms with Gasteiger partial charge in [0, 0.05) is 58.3 Å². The molecule has 0 aromatic rings. The SMILES string of the molecule is Cl.Cl.O=C(CC1COCCN1)N1CCN(CC(=O)N2CCOCC2)CC1. The molecular weight excluding hydrogens is 383 g/mol. The van der Waals surface area contributed by atoms with E-state index in [-0.39, 0.29) is 42.7 Å². The Labute approximate surface area is 167 Å². The van der Waals surface area contributed by atoms with Gasteiger partial charge in [-0.3, -0.25) is 14.5 Å². The smallest absolute Gasteiger partial charge is 0.236 e. The number of ether oxygens (including phenoxy) is 2. The van der Waals surface area contributed by atoms with Gasteiger partial charge in [0.15, 0.2) is 0 Å². The van der Waals surface area contributed by atoms with Gasteiger partial charge in [-0.05, 0) is 0 Å². The number of amides is 2. The molecule has 3 heterocycles. The van der Waals surface area contributed by atoms with Crippen LogP contribution in [0, 0.1) is 0 Å². The van der Waals surface area contributed by atoms with Crippen molar-refractivity contribution in [1.82, 2.24) is 20.0 Å². The maximum atomic E-state index is 12.4. The number of hydrogen-bond donors (Lipinski definition) is 1. The van der Waals surface area contributed by atoms with E-state index in [2.05, 4.69) is 10.2 Å². The van der Waals surface area contributed by atoms with E-state index in [9.17, 15) is 9.59 Å². The van der Waals surface area contributed by atoms with Crippen molar-refractivity contribution in [3.05, 3.63) is 0 Å². The fraction of sp³-hybridized carbons (Fsp3) is 0.875. The van der Waals surface area contributed by atoms with Gasteiger partial charge in [-0.25, -0.2) is 0 Å². The number of nitrogens with one attached hydrogen (secondary N) is 1. The molecule has 26 heavy (non-hydrogen) atoms. The number of rotatable bonds is 4. The molecule has 0 bridgehead atoms. The lowest BCUT2D eigenvalue weighted by atomic mass is 10.1. The molecule has 1 atom stereocenters. The minimum absolute atomic E-state index is 0. The van der Waals surface area contributed by atoms with Crippen molar-refractivity contribution in [2.75, 3.05) is 78.8 Å². The average Bonchev–Trinajstić information content (AvgIpc) is 2.64. The van der Waals surface area contributed by atoms with Crippen LogP contribution in [0.4, 0.5) is 0 Å². The van der Waals surface area contributed by atoms with Gasteiger partial charge in [0.1, 0.15) is 0 Å². The predicted molar refractivity (Wildman–Crippen MR) is 102 cm³/mol. The van der Waals surface area contributed by atoms with Gasteiger partial charge in [0.2, 0.25) is 11.8 Å². The number of piperazine rings is 1. The lowest BCUT2D eigenvalue weighted by molar-refractivity contribution is -0.138. The van der Waals surface area contributed by atoms with E-state index >= 15 is 0 Å². The first-order chi connectivity index (χ1) is 11.7. The summed E-state index contributed by atoms with van der Waals surface area (Å²) in [7, 11) is 0. The maximum Gasteiger partial charge on any atom is 0.236 e. The summed E-state index contributed by atoms with van der Waals surface area (Å²) in [6.07, 6.45) is 0.493. The second kappa shape index (κ2) is 11.9. The van der Waals surface area contributed by atoms with Gasteiger partial charge in [-0.2, -0.15) is 0 Å². The van der Waals surface area contributed by atoms with Crippen molar-refractivity contribution in [1.29, 1.82) is 0 Å². The molecule has 3 aliphatic heterocycles. The second-order valence-electron chi connectivity index (χ2n) is 6.58. The van der Waals surface area contributed by atoms with Crippen LogP contribution >= 0.6 is 24.8 Å². The molecule has 0 aromatic heterocycles. The molecule has 0 aliphatic carbocycles. The van der Waals surface area contributed by atoms with Crippen LogP contribution in [0.1, 0.15) is 6.42 Å². The van der Waals surface area contributed by atoms with Gasteiger partial charge in [0.05, 0.1) is 33.0 Å². The largest absolute Gasteiger partial charge is 0.378 e. The fourth-order valence-electron chi connectivity index (χ4n) is 3.35. The fourth-order valence-corrected chi connectivity index (χ4v) is 3.35. The summed E-state index contributed by atoms with van der Waals surface area (Å²) in [5.41, 5.74) is 0. The van der Waals surface area contributed by atoms with E-state index in [1.54, 1.807) is 0 Å². The highest BCUT2D eigenvalue weighted by atomic mass is 35.5. The molecule has 152 valence electrons. The van der Waals surface area contributed by atoms with Crippen LogP contribution in [0.25, 0.3) is 0 Å². The van der Waals surface area contributed by atoms with E-state index in [4.69, 9.17) is 9.47 Å². The molecule has 3 aliphatic rings. The molecule has 2 amide bonds. The van der Waals surface area contributed by atoms with Gasteiger partial charge < -0.3 is 24.6 Å². The molecule has 10 heteroatoms. The van der Waals surface area contributed by atoms with Crippen LogP contribution in [0.5, 0.6) is 0 Å². The third kappa shape index (κ3) is 6.83. The summed E-state index contributed by atoms with van der Waals surface area (Å²) in [6.45, 7) is 8.15. The Kier molecular flexibility index (Phi) is 10.7. The highest BCUT2D eigenvalue weighted by molar-refractivity contribution is 5.85. The first-order valence-electron chi connectivity index (χ1n) is 8.89. The predicted octanol–water partition coefficient (Wildman–Crippen LogP) is -0.788. The van der Waals surface area contributed by atoms with Crippen LogP contribution in [0.2, 0.25) is 0 Å². The van der Waals surface area contributed by atoms with Gasteiger partial charge in [-0.15, -0.1) is 24.8 Å². The van der Waals surface area contributed by atoms with Crippen molar-refractivity contribution in [3.8, 4) is 0 Å². The Hall–Kier alpha value is -0.640. The lowest BCUT2D eigenvalue weighted by Gasteiger charge is -2.36. The molecular formula is C16H30Cl2N4O4. The van der Waals surface area contributed by atoms with Gasteiger partial charge in [0.25, 0.3) is 0 Å². The van der Waals surface area contributed by atoms with Crippen molar-refractivity contribution in [2.24, 2.45) is 0 Å². The Balaban J connectivity index is 0.00000169. The number of carbonyl (C=O) groups excluding carboxylic acids is 2. The average molecular weight is 413 g/mol. The van der Waals surface area contributed by atoms with E-state index in [1.165, 1.54) is 0 Å². The Morgan fingerprint density at radius 3 is 2.12 bits per heavy atom. The summed E-state index contributed by atoms with van der Waals surface area (Å²) >= 11 is 0. The molecule has 1 unspecified atom stereocenters. The molecule has 1 N–H and O–H groups in total. The van der Waals surface area contributed by atoms with E-state index < -0.39 is 0 Å². The third-order valence-electron chi connectivity index (χ3n) is 4.87. The Morgan fingerprint density at radius 2 is 1.50 bits per heavy atom. The molecule has 0 spiro atoms. The summed E-state index contributed by atoms with van der Waals surface area (Å²) in [5.74, 6) is 0.346. The highest BCUT2D eigenvalue weighted by Gasteiger charge is 2.26. The topological polar surface area (TPSA) is 74.4 Å². The minimum atomic E-state index is 0. The quantitative estimate of drug-likeness (QED) is 0.652. The van der Waals surface area contributed by atoms with Crippen LogP contribution in [0.3, 0.4) is 0 Å². The van der Waals surface area contributed by atoms with E-state index in [0.29, 0.717) is 59.0 Å². The summed E-state index contributed by atoms with van der Waals surface area (Å²) in [4.78, 5) is 30.6. The van der Waals surface area contributed by atoms with Crippen LogP contribution in [0.15, 0.2) is 0 Å². The number of nitrogens with zero attached hydrogens (tertiary/aromatic N) is 3. The van der Waals surface area contributed by atoms with Crippen LogP contribution in [-0.2, 0) is 19.1 Å². The zero-order valence-corrected chi connectivity index (χ0v) is 16.7. The standard InChI is InChI=1S/C16H28N4O4.2ClH/c21-15(11-14-13-24-8-1-17-14)19-4-2-18(3-5-19)12-16(22)20-6-9-23-10-7-20;;/h14,17H,1-13H2;2*1H. The highest BCUT2D eigenvalue weighted by Crippen LogP contribution is 2.08. The number of hydrogen-bond acceptors (Lipinski definition) is 6. The minimum Gasteiger partial charge on any atom is -0.378 e. The van der Waals surface area contributed by atoms with Gasteiger partial charge >= 0.3 is 0 Å². The van der Waals surface area contributed by atoms with Crippen molar-refractivity contribution < 1.29 is 19.1 Å². The zero-order valence-electron chi connectivity index (χ0n) is 15.1. The van der Waals surface area contributed by atoms with Crippen molar-refractivity contribution in [2.45, 2.75) is 12.5 Å². The molecule has 3 rings (SSSR count). The molecule has 3 fully saturated rings. The van der Waals surface area contributed by atoms with E-state index in [1.807, 2.05) is 9.80 Å². The normalized spacial score (nSPS) is 24.4. The summed E-state index contributed by atoms with van der Waals surface area (Å²) < 4.78 is 10.7. The van der Waals surface area contributed by atoms with Gasteiger partial charge in [-0.1, -0.05) is 0 Å². The second-order valence-corrected chi connectivity index (χ2v) is 6.58. The third-order valence-corrected chi connectivity index (χ3v) is 4.87. The van der Waals surface area contributed by atoms with Crippen LogP contribution < -0.4 is 5.32 Å². The molecule has 0 saturated carbocycles. The lowest BCUT2D eigenvalue weighted by Crippen LogP contribution is -2.53. The molecule has 3 saturated heterocycles. The Bertz CT molecular complexity index is 438. The first kappa shape index (κ1) is 23.4. The van der Waals surface area contributed by atoms with Crippen LogP contribution in [-0.4, -0.2) is 111 Å². The number of carbonyl (C=O) groups is 2. The van der Waals surface area contributed by atoms with E-state index in [0.717, 1.165) is 26.2 Å². The Morgan fingerprint density at radius 1 is 0.846 bits per heavy atom. The molecule has 0 radical (unpaired) electrons. The number of morpholine rings is 2.